The molecule has 3 rings (SSSR count). The molecule has 0 amide bonds. The molecule has 4 heteroatoms. The van der Waals surface area contributed by atoms with Gasteiger partial charge in [0.15, 0.2) is 0 Å². The lowest BCUT2D eigenvalue weighted by atomic mass is 10.1. The molecular weight excluding hydrogens is 262 g/mol. The number of rotatable bonds is 5. The van der Waals surface area contributed by atoms with Crippen LogP contribution in [0.25, 0.3) is 0 Å². The molecule has 2 saturated heterocycles. The second-order valence-electron chi connectivity index (χ2n) is 6.02. The molecule has 2 aliphatic heterocycles. The molecule has 1 aromatic rings. The summed E-state index contributed by atoms with van der Waals surface area (Å²) in [5.74, 6) is 0.795. The van der Waals surface area contributed by atoms with Crippen molar-refractivity contribution in [1.29, 1.82) is 0 Å². The third-order valence-corrected chi connectivity index (χ3v) is 4.56. The molecule has 21 heavy (non-hydrogen) atoms. The Hall–Kier alpha value is -1.26. The second kappa shape index (κ2) is 7.14. The van der Waals surface area contributed by atoms with Gasteiger partial charge in [-0.25, -0.2) is 0 Å². The summed E-state index contributed by atoms with van der Waals surface area (Å²) in [6, 6.07) is 9.08. The lowest BCUT2D eigenvalue weighted by Gasteiger charge is -2.29. The molecule has 116 valence electrons. The van der Waals surface area contributed by atoms with Gasteiger partial charge < -0.3 is 19.9 Å². The fraction of sp³-hybridized carbons (Fsp3) is 0.647. The Balaban J connectivity index is 1.57. The molecule has 0 aromatic heterocycles. The number of nitrogens with zero attached hydrogens (tertiary/aromatic N) is 2. The molecule has 1 unspecified atom stereocenters. The number of ether oxygens (including phenoxy) is 1. The van der Waals surface area contributed by atoms with E-state index < -0.39 is 0 Å². The van der Waals surface area contributed by atoms with Crippen molar-refractivity contribution < 1.29 is 4.74 Å². The molecule has 0 saturated carbocycles. The molecule has 1 atom stereocenters. The predicted molar refractivity (Wildman–Crippen MR) is 88.3 cm³/mol. The maximum absolute atomic E-state index is 5.41. The van der Waals surface area contributed by atoms with E-state index in [1.54, 1.807) is 0 Å². The quantitative estimate of drug-likeness (QED) is 0.897. The first-order chi connectivity index (χ1) is 10.4. The highest BCUT2D eigenvalue weighted by Gasteiger charge is 2.22. The second-order valence-corrected chi connectivity index (χ2v) is 6.02. The van der Waals surface area contributed by atoms with Crippen LogP contribution in [-0.4, -0.2) is 52.5 Å². The normalized spacial score (nSPS) is 22.8. The number of nitrogens with one attached hydrogen (secondary N) is 1. The minimum atomic E-state index is 0.795. The molecule has 0 bridgehead atoms. The minimum Gasteiger partial charge on any atom is -0.378 e. The third kappa shape index (κ3) is 3.69. The van der Waals surface area contributed by atoms with Gasteiger partial charge in [0, 0.05) is 37.6 Å². The van der Waals surface area contributed by atoms with Crippen LogP contribution in [0.2, 0.25) is 0 Å². The van der Waals surface area contributed by atoms with Gasteiger partial charge in [-0.1, -0.05) is 6.92 Å². The highest BCUT2D eigenvalue weighted by Crippen LogP contribution is 2.26. The van der Waals surface area contributed by atoms with Crippen molar-refractivity contribution in [2.75, 3.05) is 62.3 Å². The summed E-state index contributed by atoms with van der Waals surface area (Å²) in [7, 11) is 0. The van der Waals surface area contributed by atoms with Gasteiger partial charge in [0.25, 0.3) is 0 Å². The van der Waals surface area contributed by atoms with Crippen molar-refractivity contribution in [3.8, 4) is 0 Å². The van der Waals surface area contributed by atoms with E-state index >= 15 is 0 Å². The van der Waals surface area contributed by atoms with Crippen molar-refractivity contribution in [3.63, 3.8) is 0 Å². The van der Waals surface area contributed by atoms with E-state index in [4.69, 9.17) is 4.74 Å². The summed E-state index contributed by atoms with van der Waals surface area (Å²) in [6.45, 7) is 10.5. The molecule has 4 nitrogen and oxygen atoms in total. The van der Waals surface area contributed by atoms with E-state index in [2.05, 4.69) is 46.3 Å². The van der Waals surface area contributed by atoms with Crippen molar-refractivity contribution >= 4 is 11.4 Å². The van der Waals surface area contributed by atoms with Crippen LogP contribution in [0, 0.1) is 5.92 Å². The van der Waals surface area contributed by atoms with Crippen molar-refractivity contribution in [2.45, 2.75) is 13.3 Å². The first-order valence-electron chi connectivity index (χ1n) is 8.25. The number of hydrogen-bond acceptors (Lipinski definition) is 4. The summed E-state index contributed by atoms with van der Waals surface area (Å²) >= 11 is 0. The largest absolute Gasteiger partial charge is 0.378 e. The summed E-state index contributed by atoms with van der Waals surface area (Å²) in [4.78, 5) is 4.93. The van der Waals surface area contributed by atoms with E-state index in [9.17, 15) is 0 Å². The first kappa shape index (κ1) is 14.7. The minimum absolute atomic E-state index is 0.795. The molecule has 0 radical (unpaired) electrons. The monoisotopic (exact) mass is 289 g/mol. The molecule has 2 heterocycles. The lowest BCUT2D eigenvalue weighted by molar-refractivity contribution is 0.122. The van der Waals surface area contributed by atoms with Gasteiger partial charge in [-0.2, -0.15) is 0 Å². The Morgan fingerprint density at radius 1 is 1.05 bits per heavy atom. The van der Waals surface area contributed by atoms with E-state index in [1.165, 1.54) is 30.9 Å². The summed E-state index contributed by atoms with van der Waals surface area (Å²) in [5.41, 5.74) is 2.69. The maximum atomic E-state index is 5.41. The van der Waals surface area contributed by atoms with Crippen molar-refractivity contribution in [1.82, 2.24) is 5.32 Å². The summed E-state index contributed by atoms with van der Waals surface area (Å²) in [6.07, 6.45) is 1.30. The van der Waals surface area contributed by atoms with E-state index in [-0.39, 0.29) is 0 Å². The highest BCUT2D eigenvalue weighted by atomic mass is 16.5. The van der Waals surface area contributed by atoms with Crippen LogP contribution in [0.3, 0.4) is 0 Å². The first-order valence-corrected chi connectivity index (χ1v) is 8.25. The average Bonchev–Trinajstić information content (AvgIpc) is 3.03. The smallest absolute Gasteiger partial charge is 0.0642 e. The van der Waals surface area contributed by atoms with Crippen LogP contribution >= 0.6 is 0 Å². The van der Waals surface area contributed by atoms with Crippen LogP contribution in [0.1, 0.15) is 13.3 Å². The van der Waals surface area contributed by atoms with Gasteiger partial charge in [0.2, 0.25) is 0 Å². The van der Waals surface area contributed by atoms with Crippen LogP contribution in [0.4, 0.5) is 11.4 Å². The Bertz CT molecular complexity index is 428. The zero-order chi connectivity index (χ0) is 14.5. The van der Waals surface area contributed by atoms with Crippen molar-refractivity contribution in [3.05, 3.63) is 24.3 Å². The van der Waals surface area contributed by atoms with Gasteiger partial charge in [0.1, 0.15) is 0 Å². The van der Waals surface area contributed by atoms with E-state index in [0.29, 0.717) is 0 Å². The van der Waals surface area contributed by atoms with E-state index in [0.717, 1.165) is 45.3 Å². The van der Waals surface area contributed by atoms with E-state index in [1.807, 2.05) is 0 Å². The van der Waals surface area contributed by atoms with Gasteiger partial charge in [-0.15, -0.1) is 0 Å². The third-order valence-electron chi connectivity index (χ3n) is 4.56. The highest BCUT2D eigenvalue weighted by molar-refractivity contribution is 5.57. The fourth-order valence-corrected chi connectivity index (χ4v) is 3.28. The molecule has 0 spiro atoms. The van der Waals surface area contributed by atoms with Crippen molar-refractivity contribution in [2.24, 2.45) is 5.92 Å². The number of benzene rings is 1. The summed E-state index contributed by atoms with van der Waals surface area (Å²) in [5, 5.41) is 3.47. The zero-order valence-electron chi connectivity index (χ0n) is 13.1. The molecule has 0 aliphatic carbocycles. The maximum Gasteiger partial charge on any atom is 0.0642 e. The Morgan fingerprint density at radius 3 is 2.38 bits per heavy atom. The molecule has 1 aromatic carbocycles. The van der Waals surface area contributed by atoms with Gasteiger partial charge in [-0.05, 0) is 49.7 Å². The standard InChI is InChI=1S/C17H27N3O/c1-2-18-13-15-7-8-20(14-15)17-5-3-16(4-6-17)19-9-11-21-12-10-19/h3-6,15,18H,2,7-14H2,1H3. The Labute approximate surface area is 128 Å². The number of anilines is 2. The van der Waals surface area contributed by atoms with Gasteiger partial charge in [-0.3, -0.25) is 0 Å². The lowest BCUT2D eigenvalue weighted by Crippen LogP contribution is -2.36. The van der Waals surface area contributed by atoms with Crippen LogP contribution in [0.15, 0.2) is 24.3 Å². The fourth-order valence-electron chi connectivity index (χ4n) is 3.28. The number of hydrogen-bond donors (Lipinski definition) is 1. The number of morpholine rings is 1. The average molecular weight is 289 g/mol. The molecular formula is C17H27N3O. The van der Waals surface area contributed by atoms with Crippen LogP contribution in [-0.2, 0) is 4.74 Å². The molecule has 2 aliphatic rings. The zero-order valence-corrected chi connectivity index (χ0v) is 13.1. The molecule has 1 N–H and O–H groups in total. The van der Waals surface area contributed by atoms with Crippen LogP contribution in [0.5, 0.6) is 0 Å². The molecule has 2 fully saturated rings. The SMILES string of the molecule is CCNCC1CCN(c2ccc(N3CCOCC3)cc2)C1. The summed E-state index contributed by atoms with van der Waals surface area (Å²) < 4.78 is 5.41. The van der Waals surface area contributed by atoms with Gasteiger partial charge >= 0.3 is 0 Å². The Morgan fingerprint density at radius 2 is 1.71 bits per heavy atom. The van der Waals surface area contributed by atoms with Gasteiger partial charge in [0.05, 0.1) is 13.2 Å². The predicted octanol–water partition coefficient (Wildman–Crippen LogP) is 1.96. The van der Waals surface area contributed by atoms with Crippen LogP contribution < -0.4 is 15.1 Å². The Kier molecular flexibility index (Phi) is 4.99. The topological polar surface area (TPSA) is 27.7 Å².